The van der Waals surface area contributed by atoms with E-state index in [1.807, 2.05) is 0 Å². The molecule has 1 amide bonds. The van der Waals surface area contributed by atoms with Gasteiger partial charge in [0.25, 0.3) is 0 Å². The molecule has 1 fully saturated rings. The molecule has 0 aromatic carbocycles. The van der Waals surface area contributed by atoms with Crippen LogP contribution in [-0.4, -0.2) is 108 Å². The predicted octanol–water partition coefficient (Wildman–Crippen LogP) is 3.52. The van der Waals surface area contributed by atoms with Gasteiger partial charge in [0, 0.05) is 0 Å². The zero-order valence-corrected chi connectivity index (χ0v) is 30.0. The molecule has 9 N–H and O–H groups in total. The Kier molecular flexibility index (Phi) is 24.3. The van der Waals surface area contributed by atoms with Crippen molar-refractivity contribution in [2.24, 2.45) is 0 Å². The third-order valence-electron chi connectivity index (χ3n) is 8.88. The highest BCUT2D eigenvalue weighted by molar-refractivity contribution is 7.47. The standard InChI is InChI=1S/C34H66NO12P/c1-3-5-7-9-11-13-14-16-18-20-22-27(37)26(35-28(38)23-25(36)21-19-17-15-12-10-8-6-4-2)24-46-48(44,45)47-34-32(42)30(40)29(39)31(41)33(34)43/h10,12,25-27,29-34,36-37,39-43H,3-9,11,13-24H2,1-2H3,(H,35,38)(H,44,45)/b12-10-. The van der Waals surface area contributed by atoms with Crippen LogP contribution in [0.3, 0.4) is 0 Å². The number of phosphoric ester groups is 1. The van der Waals surface area contributed by atoms with Crippen molar-refractivity contribution < 1.29 is 59.0 Å². The number of aliphatic hydroxyl groups excluding tert-OH is 7. The third-order valence-corrected chi connectivity index (χ3v) is 9.86. The minimum atomic E-state index is -5.10. The molecule has 1 saturated carbocycles. The van der Waals surface area contributed by atoms with Gasteiger partial charge in [0.2, 0.25) is 5.91 Å². The first-order chi connectivity index (χ1) is 22.8. The van der Waals surface area contributed by atoms with E-state index in [-0.39, 0.29) is 12.8 Å². The van der Waals surface area contributed by atoms with Crippen molar-refractivity contribution in [3.63, 3.8) is 0 Å². The number of carbonyl (C=O) groups excluding carboxylic acids is 1. The molecule has 0 radical (unpaired) electrons. The number of hydrogen-bond acceptors (Lipinski definition) is 11. The second-order valence-corrected chi connectivity index (χ2v) is 14.7. The molecule has 8 atom stereocenters. The van der Waals surface area contributed by atoms with E-state index >= 15 is 0 Å². The van der Waals surface area contributed by atoms with E-state index in [4.69, 9.17) is 9.05 Å². The lowest BCUT2D eigenvalue weighted by Crippen LogP contribution is -2.64. The molecule has 284 valence electrons. The summed E-state index contributed by atoms with van der Waals surface area (Å²) in [6, 6.07) is -1.15. The van der Waals surface area contributed by atoms with Crippen LogP contribution in [0, 0.1) is 0 Å². The maximum Gasteiger partial charge on any atom is 0.472 e. The molecule has 0 aliphatic heterocycles. The molecule has 0 saturated heterocycles. The normalized spacial score (nSPS) is 26.3. The highest BCUT2D eigenvalue weighted by Crippen LogP contribution is 2.47. The van der Waals surface area contributed by atoms with Crippen LogP contribution in [0.2, 0.25) is 0 Å². The number of allylic oxidation sites excluding steroid dienone is 2. The second kappa shape index (κ2) is 25.9. The van der Waals surface area contributed by atoms with Crippen molar-refractivity contribution in [2.75, 3.05) is 6.61 Å². The maximum absolute atomic E-state index is 12.8. The largest absolute Gasteiger partial charge is 0.472 e. The number of carbonyl (C=O) groups is 1. The van der Waals surface area contributed by atoms with E-state index in [1.54, 1.807) is 0 Å². The van der Waals surface area contributed by atoms with Gasteiger partial charge < -0.3 is 46.0 Å². The Labute approximate surface area is 287 Å². The Hall–Kier alpha value is -0.960. The van der Waals surface area contributed by atoms with Crippen LogP contribution in [0.25, 0.3) is 0 Å². The SMILES string of the molecule is CCCC/C=C\CCCCC(O)CC(=O)NC(COP(=O)(O)OC1C(O)C(O)C(O)C(O)C1O)C(O)CCCCCCCCCCCC. The van der Waals surface area contributed by atoms with Crippen molar-refractivity contribution in [1.29, 1.82) is 0 Å². The smallest absolute Gasteiger partial charge is 0.393 e. The molecule has 0 bridgehead atoms. The quantitative estimate of drug-likeness (QED) is 0.0323. The monoisotopic (exact) mass is 711 g/mol. The topological polar surface area (TPSA) is 226 Å². The van der Waals surface area contributed by atoms with Crippen LogP contribution < -0.4 is 5.32 Å². The first kappa shape index (κ1) is 45.1. The Morgan fingerprint density at radius 2 is 1.19 bits per heavy atom. The van der Waals surface area contributed by atoms with Gasteiger partial charge in [0.05, 0.1) is 31.3 Å². The molecule has 8 unspecified atom stereocenters. The predicted molar refractivity (Wildman–Crippen MR) is 183 cm³/mol. The summed E-state index contributed by atoms with van der Waals surface area (Å²) in [5.41, 5.74) is 0. The number of nitrogens with one attached hydrogen (secondary N) is 1. The summed E-state index contributed by atoms with van der Waals surface area (Å²) in [6.07, 6.45) is 7.47. The number of rotatable bonds is 28. The summed E-state index contributed by atoms with van der Waals surface area (Å²) in [5, 5.41) is 73.9. The van der Waals surface area contributed by atoms with Crippen LogP contribution in [0.15, 0.2) is 12.2 Å². The lowest BCUT2D eigenvalue weighted by Gasteiger charge is -2.41. The van der Waals surface area contributed by atoms with Gasteiger partial charge in [-0.3, -0.25) is 13.8 Å². The molecule has 48 heavy (non-hydrogen) atoms. The Bertz CT molecular complexity index is 895. The fourth-order valence-electron chi connectivity index (χ4n) is 5.75. The molecule has 1 aliphatic carbocycles. The Balaban J connectivity index is 2.69. The van der Waals surface area contributed by atoms with Gasteiger partial charge >= 0.3 is 7.82 Å². The first-order valence-corrected chi connectivity index (χ1v) is 19.7. The van der Waals surface area contributed by atoms with Gasteiger partial charge in [-0.2, -0.15) is 0 Å². The zero-order chi connectivity index (χ0) is 36.0. The van der Waals surface area contributed by atoms with Crippen LogP contribution in [0.5, 0.6) is 0 Å². The molecule has 0 aromatic rings. The minimum absolute atomic E-state index is 0.236. The summed E-state index contributed by atoms with van der Waals surface area (Å²) in [6.45, 7) is 3.64. The fourth-order valence-corrected chi connectivity index (χ4v) is 6.72. The first-order valence-electron chi connectivity index (χ1n) is 18.2. The van der Waals surface area contributed by atoms with Crippen LogP contribution in [-0.2, 0) is 18.4 Å². The lowest BCUT2D eigenvalue weighted by molar-refractivity contribution is -0.220. The van der Waals surface area contributed by atoms with Gasteiger partial charge in [0.15, 0.2) is 0 Å². The van der Waals surface area contributed by atoms with E-state index in [9.17, 15) is 50.0 Å². The summed E-state index contributed by atoms with van der Waals surface area (Å²) >= 11 is 0. The van der Waals surface area contributed by atoms with E-state index in [0.29, 0.717) is 12.8 Å². The summed E-state index contributed by atoms with van der Waals surface area (Å²) in [5.74, 6) is -0.579. The van der Waals surface area contributed by atoms with E-state index in [2.05, 4.69) is 31.3 Å². The van der Waals surface area contributed by atoms with E-state index < -0.39 is 75.2 Å². The molecule has 1 aliphatic rings. The van der Waals surface area contributed by atoms with Gasteiger partial charge in [-0.25, -0.2) is 4.57 Å². The van der Waals surface area contributed by atoms with Gasteiger partial charge in [0.1, 0.15) is 36.6 Å². The van der Waals surface area contributed by atoms with Crippen molar-refractivity contribution in [3.05, 3.63) is 12.2 Å². The molecule has 1 rings (SSSR count). The van der Waals surface area contributed by atoms with Crippen LogP contribution in [0.1, 0.15) is 136 Å². The number of phosphoric acid groups is 1. The highest BCUT2D eigenvalue weighted by Gasteiger charge is 2.51. The summed E-state index contributed by atoms with van der Waals surface area (Å²) < 4.78 is 22.7. The molecule has 0 aromatic heterocycles. The molecule has 0 spiro atoms. The molecule has 0 heterocycles. The van der Waals surface area contributed by atoms with Crippen molar-refractivity contribution >= 4 is 13.7 Å². The van der Waals surface area contributed by atoms with E-state index in [1.165, 1.54) is 32.1 Å². The Morgan fingerprint density at radius 1 is 0.708 bits per heavy atom. The Morgan fingerprint density at radius 3 is 1.75 bits per heavy atom. The van der Waals surface area contributed by atoms with Gasteiger partial charge in [-0.1, -0.05) is 109 Å². The van der Waals surface area contributed by atoms with Gasteiger partial charge in [-0.15, -0.1) is 0 Å². The maximum atomic E-state index is 12.8. The highest BCUT2D eigenvalue weighted by atomic mass is 31.2. The molecular formula is C34H66NO12P. The van der Waals surface area contributed by atoms with Crippen molar-refractivity contribution in [1.82, 2.24) is 5.32 Å². The van der Waals surface area contributed by atoms with Crippen LogP contribution >= 0.6 is 7.82 Å². The zero-order valence-electron chi connectivity index (χ0n) is 29.2. The summed E-state index contributed by atoms with van der Waals surface area (Å²) in [7, 11) is -5.10. The second-order valence-electron chi connectivity index (χ2n) is 13.3. The van der Waals surface area contributed by atoms with E-state index in [0.717, 1.165) is 64.2 Å². The van der Waals surface area contributed by atoms with Crippen molar-refractivity contribution in [2.45, 2.75) is 191 Å². The number of aliphatic hydroxyl groups is 7. The molecule has 14 heteroatoms. The lowest BCUT2D eigenvalue weighted by atomic mass is 9.85. The van der Waals surface area contributed by atoms with Gasteiger partial charge in [-0.05, 0) is 32.1 Å². The number of amides is 1. The average molecular weight is 712 g/mol. The summed E-state index contributed by atoms with van der Waals surface area (Å²) in [4.78, 5) is 23.2. The molecule has 13 nitrogen and oxygen atoms in total. The third kappa shape index (κ3) is 18.9. The average Bonchev–Trinajstić information content (AvgIpc) is 3.05. The number of hydrogen-bond donors (Lipinski definition) is 9. The number of unbranched alkanes of at least 4 members (excludes halogenated alkanes) is 13. The fraction of sp³-hybridized carbons (Fsp3) is 0.912. The minimum Gasteiger partial charge on any atom is -0.393 e. The molecular weight excluding hydrogens is 645 g/mol. The van der Waals surface area contributed by atoms with Crippen molar-refractivity contribution in [3.8, 4) is 0 Å². The van der Waals surface area contributed by atoms with Crippen LogP contribution in [0.4, 0.5) is 0 Å².